The lowest BCUT2D eigenvalue weighted by Gasteiger charge is -2.43. The van der Waals surface area contributed by atoms with Crippen LogP contribution in [-0.4, -0.2) is 74.6 Å². The molecule has 24 heavy (non-hydrogen) atoms. The molecule has 6 unspecified atom stereocenters. The monoisotopic (exact) mass is 374 g/mol. The minimum absolute atomic E-state index is 0.526. The first-order chi connectivity index (χ1) is 11.0. The maximum absolute atomic E-state index is 12.5. The molecule has 138 valence electrons. The third-order valence-corrected chi connectivity index (χ3v) is 4.75. The van der Waals surface area contributed by atoms with Crippen molar-refractivity contribution in [3.05, 3.63) is 11.1 Å². The Bertz CT molecular complexity index is 531. The minimum Gasteiger partial charge on any atom is -0.394 e. The molecule has 1 fully saturated rings. The summed E-state index contributed by atoms with van der Waals surface area (Å²) in [6, 6.07) is 0. The molecule has 0 amide bonds. The molecular formula is C12H17F3N2O6S. The average Bonchev–Trinajstić information content (AvgIpc) is 2.88. The van der Waals surface area contributed by atoms with Crippen LogP contribution in [0.3, 0.4) is 0 Å². The van der Waals surface area contributed by atoms with Crippen molar-refractivity contribution in [1.82, 2.24) is 10.6 Å². The van der Waals surface area contributed by atoms with E-state index >= 15 is 0 Å². The molecule has 0 saturated carbocycles. The first-order valence-corrected chi connectivity index (χ1v) is 7.67. The molecule has 6 atom stereocenters. The third kappa shape index (κ3) is 3.85. The number of allylic oxidation sites excluding steroid dienone is 1. The Morgan fingerprint density at radius 3 is 2.54 bits per heavy atom. The maximum Gasteiger partial charge on any atom is 0.455 e. The van der Waals surface area contributed by atoms with E-state index in [9.17, 15) is 33.3 Å². The Kier molecular flexibility index (Phi) is 5.49. The van der Waals surface area contributed by atoms with E-state index in [0.29, 0.717) is 11.8 Å². The summed E-state index contributed by atoms with van der Waals surface area (Å²) in [7, 11) is 0. The van der Waals surface area contributed by atoms with Gasteiger partial charge < -0.3 is 30.5 Å². The predicted molar refractivity (Wildman–Crippen MR) is 75.2 cm³/mol. The van der Waals surface area contributed by atoms with Crippen LogP contribution in [0.5, 0.6) is 0 Å². The standard InChI is InChI=1S/C12H17F3N2O6S/c1-11(16-2-5(24-11)9(22)12(13,14)15)17-10-8(21)7(20)6(19)4(3-18)23-10/h2,4,6-8,10,16-21H,3H2,1H3. The number of ether oxygens (including phenoxy) is 1. The molecule has 2 aliphatic rings. The summed E-state index contributed by atoms with van der Waals surface area (Å²) >= 11 is 0.526. The SMILES string of the molecule is CC1(NC2OC(CO)C(O)C(O)C2O)NC=C(C(=O)C(F)(F)F)S1. The number of carbonyl (C=O) groups excluding carboxylic acids is 1. The zero-order valence-electron chi connectivity index (χ0n) is 12.3. The number of rotatable bonds is 4. The Balaban J connectivity index is 2.05. The van der Waals surface area contributed by atoms with Crippen molar-refractivity contribution >= 4 is 17.5 Å². The number of aliphatic hydroxyl groups is 4. The largest absolute Gasteiger partial charge is 0.455 e. The van der Waals surface area contributed by atoms with Crippen LogP contribution in [0, 0.1) is 0 Å². The van der Waals surface area contributed by atoms with E-state index in [2.05, 4.69) is 10.6 Å². The van der Waals surface area contributed by atoms with Crippen molar-refractivity contribution in [2.24, 2.45) is 0 Å². The molecule has 0 aromatic carbocycles. The molecule has 12 heteroatoms. The van der Waals surface area contributed by atoms with Gasteiger partial charge >= 0.3 is 6.18 Å². The zero-order chi connectivity index (χ0) is 18.3. The molecule has 0 aromatic rings. The van der Waals surface area contributed by atoms with Gasteiger partial charge in [-0.05, 0) is 6.92 Å². The van der Waals surface area contributed by atoms with Crippen LogP contribution in [0.2, 0.25) is 0 Å². The molecule has 0 spiro atoms. The lowest BCUT2D eigenvalue weighted by atomic mass is 9.98. The Labute approximate surface area is 138 Å². The highest BCUT2D eigenvalue weighted by Gasteiger charge is 2.49. The number of hydrogen-bond donors (Lipinski definition) is 6. The van der Waals surface area contributed by atoms with Crippen molar-refractivity contribution in [3.8, 4) is 0 Å². The minimum atomic E-state index is -5.02. The number of nitrogens with one attached hydrogen (secondary N) is 2. The van der Waals surface area contributed by atoms with Crippen LogP contribution in [0.1, 0.15) is 6.92 Å². The first kappa shape index (κ1) is 19.4. The van der Waals surface area contributed by atoms with E-state index in [0.717, 1.165) is 6.20 Å². The van der Waals surface area contributed by atoms with Crippen molar-refractivity contribution in [3.63, 3.8) is 0 Å². The van der Waals surface area contributed by atoms with E-state index in [1.807, 2.05) is 0 Å². The molecule has 2 aliphatic heterocycles. The van der Waals surface area contributed by atoms with E-state index in [-0.39, 0.29) is 0 Å². The quantitative estimate of drug-likeness (QED) is 0.343. The number of Topliss-reactive ketones (excluding diaryl/α,β-unsaturated/α-hetero) is 1. The van der Waals surface area contributed by atoms with Gasteiger partial charge in [0, 0.05) is 6.20 Å². The normalized spacial score (nSPS) is 40.2. The van der Waals surface area contributed by atoms with Crippen LogP contribution in [0.4, 0.5) is 13.2 Å². The van der Waals surface area contributed by atoms with Gasteiger partial charge in [-0.1, -0.05) is 11.8 Å². The average molecular weight is 374 g/mol. The summed E-state index contributed by atoms with van der Waals surface area (Å²) in [6.07, 6.45) is -11.4. The predicted octanol–water partition coefficient (Wildman–Crippen LogP) is -1.64. The fourth-order valence-electron chi connectivity index (χ4n) is 2.30. The van der Waals surface area contributed by atoms with E-state index < -0.39 is 59.1 Å². The summed E-state index contributed by atoms with van der Waals surface area (Å²) in [5, 5.41) is 43.6. The fourth-order valence-corrected chi connectivity index (χ4v) is 3.36. The van der Waals surface area contributed by atoms with Gasteiger partial charge in [0.05, 0.1) is 11.5 Å². The molecule has 0 bridgehead atoms. The second-order valence-electron chi connectivity index (χ2n) is 5.51. The van der Waals surface area contributed by atoms with E-state index in [1.54, 1.807) is 0 Å². The Morgan fingerprint density at radius 1 is 1.38 bits per heavy atom. The molecule has 1 saturated heterocycles. The summed E-state index contributed by atoms with van der Waals surface area (Å²) in [5.74, 6) is -2.01. The van der Waals surface area contributed by atoms with E-state index in [4.69, 9.17) is 9.84 Å². The van der Waals surface area contributed by atoms with Crippen LogP contribution < -0.4 is 10.6 Å². The van der Waals surface area contributed by atoms with Gasteiger partial charge in [-0.15, -0.1) is 0 Å². The molecule has 0 radical (unpaired) electrons. The molecule has 8 nitrogen and oxygen atoms in total. The molecular weight excluding hydrogens is 357 g/mol. The second kappa shape index (κ2) is 6.78. The highest BCUT2D eigenvalue weighted by molar-refractivity contribution is 8.05. The number of aliphatic hydroxyl groups excluding tert-OH is 4. The van der Waals surface area contributed by atoms with Crippen LogP contribution in [0.15, 0.2) is 11.1 Å². The second-order valence-corrected chi connectivity index (χ2v) is 6.97. The van der Waals surface area contributed by atoms with Gasteiger partial charge in [0.2, 0.25) is 0 Å². The zero-order valence-corrected chi connectivity index (χ0v) is 13.1. The Hall–Kier alpha value is -0.890. The number of alkyl halides is 3. The topological polar surface area (TPSA) is 131 Å². The van der Waals surface area contributed by atoms with Crippen LogP contribution >= 0.6 is 11.8 Å². The van der Waals surface area contributed by atoms with Crippen LogP contribution in [0.25, 0.3) is 0 Å². The molecule has 0 aromatic heterocycles. The number of halogens is 3. The highest BCUT2D eigenvalue weighted by atomic mass is 32.2. The molecule has 0 aliphatic carbocycles. The lowest BCUT2D eigenvalue weighted by molar-refractivity contribution is -0.239. The molecule has 6 N–H and O–H groups in total. The van der Waals surface area contributed by atoms with Crippen LogP contribution in [-0.2, 0) is 9.53 Å². The van der Waals surface area contributed by atoms with E-state index in [1.165, 1.54) is 6.92 Å². The van der Waals surface area contributed by atoms with Gasteiger partial charge in [0.25, 0.3) is 5.78 Å². The smallest absolute Gasteiger partial charge is 0.394 e. The summed E-state index contributed by atoms with van der Waals surface area (Å²) in [4.78, 5) is 9.31. The summed E-state index contributed by atoms with van der Waals surface area (Å²) in [5.41, 5.74) is 0. The van der Waals surface area contributed by atoms with Gasteiger partial charge in [0.1, 0.15) is 35.6 Å². The summed E-state index contributed by atoms with van der Waals surface area (Å²) in [6.45, 7) is 0.753. The first-order valence-electron chi connectivity index (χ1n) is 6.85. The van der Waals surface area contributed by atoms with Crippen molar-refractivity contribution in [2.75, 3.05) is 6.61 Å². The number of thioether (sulfide) groups is 1. The van der Waals surface area contributed by atoms with Crippen molar-refractivity contribution < 1.29 is 43.1 Å². The van der Waals surface area contributed by atoms with Crippen molar-refractivity contribution in [2.45, 2.75) is 48.7 Å². The van der Waals surface area contributed by atoms with Gasteiger partial charge in [0.15, 0.2) is 0 Å². The summed E-state index contributed by atoms with van der Waals surface area (Å²) < 4.78 is 42.6. The van der Waals surface area contributed by atoms with Gasteiger partial charge in [-0.3, -0.25) is 10.1 Å². The molecule has 2 rings (SSSR count). The van der Waals surface area contributed by atoms with Gasteiger partial charge in [-0.25, -0.2) is 0 Å². The highest BCUT2D eigenvalue weighted by Crippen LogP contribution is 2.38. The lowest BCUT2D eigenvalue weighted by Crippen LogP contribution is -2.66. The number of carbonyl (C=O) groups is 1. The van der Waals surface area contributed by atoms with Crippen molar-refractivity contribution in [1.29, 1.82) is 0 Å². The van der Waals surface area contributed by atoms with Gasteiger partial charge in [-0.2, -0.15) is 13.2 Å². The Morgan fingerprint density at radius 2 is 2.00 bits per heavy atom. The third-order valence-electron chi connectivity index (χ3n) is 3.58. The fraction of sp³-hybridized carbons (Fsp3) is 0.750. The maximum atomic E-state index is 12.5. The number of hydrogen-bond acceptors (Lipinski definition) is 9. The number of ketones is 1. The molecule has 2 heterocycles.